The number of benzene rings is 2. The summed E-state index contributed by atoms with van der Waals surface area (Å²) in [6, 6.07) is 15.3. The average molecular weight is 504 g/mol. The van der Waals surface area contributed by atoms with E-state index in [1.807, 2.05) is 50.2 Å². The number of hydrogen-bond donors (Lipinski definition) is 2. The third kappa shape index (κ3) is 5.81. The van der Waals surface area contributed by atoms with E-state index in [4.69, 9.17) is 9.47 Å². The molecule has 1 atom stereocenters. The number of nitrogens with one attached hydrogen (secondary N) is 2. The SMILES string of the molecule is C=CCOC(=O)C1=C(C)NC(SCC(=O)Nc2c(C)cccc2C)=C(C#N)[C@H]1c1ccccc1OC. The highest BCUT2D eigenvalue weighted by molar-refractivity contribution is 8.03. The van der Waals surface area contributed by atoms with Gasteiger partial charge in [0, 0.05) is 16.9 Å². The van der Waals surface area contributed by atoms with E-state index >= 15 is 0 Å². The molecule has 186 valence electrons. The summed E-state index contributed by atoms with van der Waals surface area (Å²) >= 11 is 1.21. The number of rotatable bonds is 9. The minimum absolute atomic E-state index is 0.0416. The minimum Gasteiger partial charge on any atom is -0.496 e. The molecule has 3 rings (SSSR count). The zero-order valence-electron chi connectivity index (χ0n) is 20.8. The van der Waals surface area contributed by atoms with Crippen LogP contribution in [0.25, 0.3) is 0 Å². The molecule has 36 heavy (non-hydrogen) atoms. The van der Waals surface area contributed by atoms with Gasteiger partial charge in [0.05, 0.1) is 41.0 Å². The van der Waals surface area contributed by atoms with Gasteiger partial charge < -0.3 is 20.1 Å². The molecule has 1 heterocycles. The standard InChI is InChI=1S/C28H29N3O4S/c1-6-14-35-28(33)24-19(4)30-27(21(15-29)25(24)20-12-7-8-13-22(20)34-5)36-16-23(32)31-26-17(2)10-9-11-18(26)3/h6-13,25,30H,1,14,16H2,2-5H3,(H,31,32)/t25-/m1/s1. The molecule has 0 unspecified atom stereocenters. The highest BCUT2D eigenvalue weighted by Crippen LogP contribution is 2.44. The molecule has 1 aliphatic heterocycles. The Bertz CT molecular complexity index is 1270. The molecule has 2 aromatic carbocycles. The van der Waals surface area contributed by atoms with E-state index in [9.17, 15) is 14.9 Å². The van der Waals surface area contributed by atoms with Gasteiger partial charge in [-0.05, 0) is 38.0 Å². The monoisotopic (exact) mass is 503 g/mol. The normalized spacial score (nSPS) is 15.0. The summed E-state index contributed by atoms with van der Waals surface area (Å²) in [6.07, 6.45) is 1.49. The predicted octanol–water partition coefficient (Wildman–Crippen LogP) is 5.11. The number of thioether (sulfide) groups is 1. The zero-order chi connectivity index (χ0) is 26.2. The van der Waals surface area contributed by atoms with Crippen molar-refractivity contribution in [2.75, 3.05) is 24.8 Å². The fraction of sp³-hybridized carbons (Fsp3) is 0.250. The maximum atomic E-state index is 13.0. The lowest BCUT2D eigenvalue weighted by Gasteiger charge is -2.30. The van der Waals surface area contributed by atoms with Crippen molar-refractivity contribution in [3.05, 3.63) is 93.7 Å². The molecule has 0 aromatic heterocycles. The van der Waals surface area contributed by atoms with Crippen molar-refractivity contribution in [1.82, 2.24) is 5.32 Å². The van der Waals surface area contributed by atoms with Crippen LogP contribution in [0.2, 0.25) is 0 Å². The third-order valence-corrected chi connectivity index (χ3v) is 6.76. The van der Waals surface area contributed by atoms with Gasteiger partial charge in [-0.1, -0.05) is 60.8 Å². The number of para-hydroxylation sites is 2. The lowest BCUT2D eigenvalue weighted by molar-refractivity contribution is -0.138. The minimum atomic E-state index is -0.728. The van der Waals surface area contributed by atoms with Crippen LogP contribution in [0.15, 0.2) is 77.0 Å². The fourth-order valence-electron chi connectivity index (χ4n) is 4.05. The Morgan fingerprint density at radius 2 is 1.86 bits per heavy atom. The molecule has 0 aliphatic carbocycles. The van der Waals surface area contributed by atoms with Gasteiger partial charge in [-0.25, -0.2) is 4.79 Å². The number of esters is 1. The fourth-order valence-corrected chi connectivity index (χ4v) is 4.94. The quantitative estimate of drug-likeness (QED) is 0.362. The van der Waals surface area contributed by atoms with Crippen LogP contribution in [0.4, 0.5) is 5.69 Å². The van der Waals surface area contributed by atoms with Crippen LogP contribution < -0.4 is 15.4 Å². The van der Waals surface area contributed by atoms with Gasteiger partial charge in [0.15, 0.2) is 0 Å². The number of carbonyl (C=O) groups is 2. The Balaban J connectivity index is 1.96. The van der Waals surface area contributed by atoms with Crippen molar-refractivity contribution in [2.24, 2.45) is 0 Å². The van der Waals surface area contributed by atoms with Crippen LogP contribution in [0.5, 0.6) is 5.75 Å². The van der Waals surface area contributed by atoms with Gasteiger partial charge in [0.2, 0.25) is 5.91 Å². The van der Waals surface area contributed by atoms with E-state index in [1.165, 1.54) is 24.9 Å². The Morgan fingerprint density at radius 1 is 1.17 bits per heavy atom. The van der Waals surface area contributed by atoms with Crippen LogP contribution in [0.3, 0.4) is 0 Å². The highest BCUT2D eigenvalue weighted by Gasteiger charge is 2.37. The molecule has 0 bridgehead atoms. The van der Waals surface area contributed by atoms with Crippen molar-refractivity contribution in [3.63, 3.8) is 0 Å². The predicted molar refractivity (Wildman–Crippen MR) is 142 cm³/mol. The maximum Gasteiger partial charge on any atom is 0.337 e. The van der Waals surface area contributed by atoms with E-state index < -0.39 is 11.9 Å². The molecule has 0 saturated carbocycles. The van der Waals surface area contributed by atoms with Crippen molar-refractivity contribution in [3.8, 4) is 11.8 Å². The second-order valence-corrected chi connectivity index (χ2v) is 9.17. The highest BCUT2D eigenvalue weighted by atomic mass is 32.2. The Kier molecular flexibility index (Phi) is 8.98. The topological polar surface area (TPSA) is 100 Å². The Labute approximate surface area is 215 Å². The molecular formula is C28H29N3O4S. The number of carbonyl (C=O) groups excluding carboxylic acids is 2. The number of dihydropyridines is 1. The van der Waals surface area contributed by atoms with Crippen molar-refractivity contribution in [2.45, 2.75) is 26.7 Å². The van der Waals surface area contributed by atoms with E-state index in [2.05, 4.69) is 23.3 Å². The summed E-state index contributed by atoms with van der Waals surface area (Å²) < 4.78 is 10.9. The molecular weight excluding hydrogens is 474 g/mol. The number of hydrogen-bond acceptors (Lipinski definition) is 7. The summed E-state index contributed by atoms with van der Waals surface area (Å²) in [7, 11) is 1.54. The van der Waals surface area contributed by atoms with Gasteiger partial charge in [-0.2, -0.15) is 5.26 Å². The molecule has 0 saturated heterocycles. The first kappa shape index (κ1) is 26.6. The molecule has 0 spiro atoms. The molecule has 2 N–H and O–H groups in total. The van der Waals surface area contributed by atoms with E-state index in [-0.39, 0.29) is 18.3 Å². The summed E-state index contributed by atoms with van der Waals surface area (Å²) in [4.78, 5) is 25.8. The maximum absolute atomic E-state index is 13.0. The smallest absolute Gasteiger partial charge is 0.337 e. The van der Waals surface area contributed by atoms with Crippen LogP contribution >= 0.6 is 11.8 Å². The number of nitriles is 1. The molecule has 0 fully saturated rings. The molecule has 7 nitrogen and oxygen atoms in total. The van der Waals surface area contributed by atoms with Crippen molar-refractivity contribution in [1.29, 1.82) is 5.26 Å². The van der Waals surface area contributed by atoms with Crippen LogP contribution in [-0.2, 0) is 14.3 Å². The van der Waals surface area contributed by atoms with Gasteiger partial charge in [-0.3, -0.25) is 4.79 Å². The number of ether oxygens (including phenoxy) is 2. The van der Waals surface area contributed by atoms with Crippen molar-refractivity contribution >= 4 is 29.3 Å². The number of methoxy groups -OCH3 is 1. The lowest BCUT2D eigenvalue weighted by Crippen LogP contribution is -2.29. The summed E-state index contributed by atoms with van der Waals surface area (Å²) in [5.41, 5.74) is 4.53. The Hall–Kier alpha value is -3.96. The van der Waals surface area contributed by atoms with Crippen LogP contribution in [0, 0.1) is 25.2 Å². The first-order chi connectivity index (χ1) is 17.3. The van der Waals surface area contributed by atoms with Gasteiger partial charge in [-0.15, -0.1) is 0 Å². The molecule has 2 aromatic rings. The first-order valence-electron chi connectivity index (χ1n) is 11.3. The summed E-state index contributed by atoms with van der Waals surface area (Å²) in [5, 5.41) is 16.8. The lowest BCUT2D eigenvalue weighted by atomic mass is 9.82. The number of nitrogens with zero attached hydrogens (tertiary/aromatic N) is 1. The van der Waals surface area contributed by atoms with E-state index in [1.54, 1.807) is 13.0 Å². The largest absolute Gasteiger partial charge is 0.496 e. The summed E-state index contributed by atoms with van der Waals surface area (Å²) in [5.74, 6) is -0.871. The first-order valence-corrected chi connectivity index (χ1v) is 12.3. The molecule has 1 aliphatic rings. The second kappa shape index (κ2) is 12.1. The van der Waals surface area contributed by atoms with Gasteiger partial charge in [0.1, 0.15) is 12.4 Å². The Morgan fingerprint density at radius 3 is 2.50 bits per heavy atom. The van der Waals surface area contributed by atoms with Gasteiger partial charge >= 0.3 is 5.97 Å². The number of allylic oxidation sites excluding steroid dienone is 2. The molecule has 8 heteroatoms. The van der Waals surface area contributed by atoms with Crippen LogP contribution in [-0.4, -0.2) is 31.3 Å². The molecule has 0 radical (unpaired) electrons. The third-order valence-electron chi connectivity index (χ3n) is 5.74. The molecule has 1 amide bonds. The van der Waals surface area contributed by atoms with Crippen molar-refractivity contribution < 1.29 is 19.1 Å². The zero-order valence-corrected chi connectivity index (χ0v) is 21.6. The van der Waals surface area contributed by atoms with Crippen LogP contribution in [0.1, 0.15) is 29.5 Å². The summed E-state index contributed by atoms with van der Waals surface area (Å²) in [6.45, 7) is 9.26. The number of amides is 1. The number of aryl methyl sites for hydroxylation is 2. The second-order valence-electron chi connectivity index (χ2n) is 8.18. The average Bonchev–Trinajstić information content (AvgIpc) is 2.87. The van der Waals surface area contributed by atoms with E-state index in [0.29, 0.717) is 33.2 Å². The number of anilines is 1. The van der Waals surface area contributed by atoms with Gasteiger partial charge in [0.25, 0.3) is 0 Å². The van der Waals surface area contributed by atoms with E-state index in [0.717, 1.165) is 16.8 Å².